The number of nitrogens with one attached hydrogen (secondary N) is 1. The molecule has 0 aromatic carbocycles. The van der Waals surface area contributed by atoms with Crippen LogP contribution in [0.3, 0.4) is 0 Å². The van der Waals surface area contributed by atoms with Gasteiger partial charge in [0.05, 0.1) is 17.3 Å². The molecule has 1 aromatic rings. The van der Waals surface area contributed by atoms with E-state index in [4.69, 9.17) is 0 Å². The van der Waals surface area contributed by atoms with Crippen LogP contribution in [0.1, 0.15) is 69.4 Å². The zero-order valence-electron chi connectivity index (χ0n) is 14.0. The Bertz CT molecular complexity index is 572. The van der Waals surface area contributed by atoms with Crippen molar-refractivity contribution >= 4 is 5.91 Å². The van der Waals surface area contributed by atoms with Gasteiger partial charge in [-0.15, -0.1) is 0 Å². The lowest BCUT2D eigenvalue weighted by Gasteiger charge is -2.28. The lowest BCUT2D eigenvalue weighted by atomic mass is 9.87. The van der Waals surface area contributed by atoms with Gasteiger partial charge in [0.15, 0.2) is 5.69 Å². The number of carbonyl (C=O) groups excluding carboxylic acids is 1. The van der Waals surface area contributed by atoms with Crippen LogP contribution in [0.2, 0.25) is 0 Å². The van der Waals surface area contributed by atoms with E-state index in [1.807, 2.05) is 0 Å². The van der Waals surface area contributed by atoms with Crippen molar-refractivity contribution in [2.75, 3.05) is 0 Å². The van der Waals surface area contributed by atoms with E-state index in [1.54, 1.807) is 20.8 Å². The van der Waals surface area contributed by atoms with Crippen molar-refractivity contribution < 1.29 is 18.0 Å². The Morgan fingerprint density at radius 3 is 2.48 bits per heavy atom. The molecule has 4 nitrogen and oxygen atoms in total. The number of nitrogens with zero attached hydrogens (tertiary/aromatic N) is 2. The predicted molar refractivity (Wildman–Crippen MR) is 81.1 cm³/mol. The first kappa shape index (κ1) is 17.8. The highest BCUT2D eigenvalue weighted by atomic mass is 19.4. The van der Waals surface area contributed by atoms with Crippen molar-refractivity contribution in [1.82, 2.24) is 15.1 Å². The third-order valence-corrected chi connectivity index (χ3v) is 4.19. The highest BCUT2D eigenvalue weighted by Gasteiger charge is 2.42. The fourth-order valence-electron chi connectivity index (χ4n) is 3.12. The zero-order valence-corrected chi connectivity index (χ0v) is 14.0. The average molecular weight is 331 g/mol. The maximum absolute atomic E-state index is 13.4. The second-order valence-corrected chi connectivity index (χ2v) is 7.43. The molecule has 1 saturated carbocycles. The van der Waals surface area contributed by atoms with Crippen LogP contribution < -0.4 is 5.32 Å². The molecule has 0 radical (unpaired) electrons. The van der Waals surface area contributed by atoms with Crippen LogP contribution >= 0.6 is 0 Å². The lowest BCUT2D eigenvalue weighted by molar-refractivity contribution is -0.146. The molecular weight excluding hydrogens is 307 g/mol. The molecule has 2 rings (SSSR count). The number of alkyl halides is 3. The first-order valence-electron chi connectivity index (χ1n) is 7.96. The topological polar surface area (TPSA) is 46.9 Å². The maximum Gasteiger partial charge on any atom is 0.433 e. The summed E-state index contributed by atoms with van der Waals surface area (Å²) in [6.45, 7) is 6.97. The van der Waals surface area contributed by atoms with Crippen molar-refractivity contribution in [1.29, 1.82) is 0 Å². The van der Waals surface area contributed by atoms with Gasteiger partial charge in [-0.05, 0) is 39.5 Å². The maximum atomic E-state index is 13.4. The summed E-state index contributed by atoms with van der Waals surface area (Å²) in [5.74, 6) is -0.208. The Morgan fingerprint density at radius 1 is 1.30 bits per heavy atom. The van der Waals surface area contributed by atoms with Crippen molar-refractivity contribution in [3.63, 3.8) is 0 Å². The van der Waals surface area contributed by atoms with Crippen molar-refractivity contribution in [2.45, 2.75) is 71.1 Å². The Balaban J connectivity index is 2.28. The first-order chi connectivity index (χ1) is 10.5. The predicted octanol–water partition coefficient (Wildman–Crippen LogP) is 3.97. The molecule has 1 aromatic heterocycles. The molecule has 7 heteroatoms. The van der Waals surface area contributed by atoms with E-state index in [0.29, 0.717) is 5.92 Å². The standard InChI is InChI=1S/C16H24F3N3O/c1-10-6-5-7-11(8-10)21-14(23)12-9-20-22(15(2,3)4)13(12)16(17,18)19/h9-11H,5-8H2,1-4H3,(H,21,23)/t10-,11-/m0/s1. The van der Waals surface area contributed by atoms with Gasteiger partial charge in [0.2, 0.25) is 0 Å². The summed E-state index contributed by atoms with van der Waals surface area (Å²) in [6, 6.07) is -0.0645. The summed E-state index contributed by atoms with van der Waals surface area (Å²) < 4.78 is 41.2. The molecular formula is C16H24F3N3O. The molecule has 23 heavy (non-hydrogen) atoms. The van der Waals surface area contributed by atoms with E-state index in [2.05, 4.69) is 17.3 Å². The number of hydrogen-bond donors (Lipinski definition) is 1. The van der Waals surface area contributed by atoms with E-state index < -0.39 is 28.9 Å². The van der Waals surface area contributed by atoms with Gasteiger partial charge in [-0.1, -0.05) is 19.8 Å². The molecule has 0 aliphatic heterocycles. The van der Waals surface area contributed by atoms with E-state index in [-0.39, 0.29) is 6.04 Å². The fraction of sp³-hybridized carbons (Fsp3) is 0.750. The minimum Gasteiger partial charge on any atom is -0.349 e. The molecule has 1 N–H and O–H groups in total. The van der Waals surface area contributed by atoms with E-state index in [0.717, 1.165) is 36.6 Å². The Kier molecular flexibility index (Phi) is 4.78. The summed E-state index contributed by atoms with van der Waals surface area (Å²) in [6.07, 6.45) is 0.0962. The van der Waals surface area contributed by atoms with Crippen LogP contribution in [0.15, 0.2) is 6.20 Å². The minimum absolute atomic E-state index is 0.0645. The summed E-state index contributed by atoms with van der Waals surface area (Å²) in [5, 5.41) is 6.57. The molecule has 0 bridgehead atoms. The minimum atomic E-state index is -4.63. The zero-order chi connectivity index (χ0) is 17.4. The number of aromatic nitrogens is 2. The van der Waals surface area contributed by atoms with Crippen LogP contribution in [0, 0.1) is 5.92 Å². The smallest absolute Gasteiger partial charge is 0.349 e. The lowest BCUT2D eigenvalue weighted by Crippen LogP contribution is -2.39. The SMILES string of the molecule is C[C@H]1CCC[C@H](NC(=O)c2cnn(C(C)(C)C)c2C(F)(F)F)C1. The highest BCUT2D eigenvalue weighted by molar-refractivity contribution is 5.95. The summed E-state index contributed by atoms with van der Waals surface area (Å²) >= 11 is 0. The number of amides is 1. The van der Waals surface area contributed by atoms with Crippen LogP contribution in [-0.4, -0.2) is 21.7 Å². The Labute approximate surface area is 134 Å². The van der Waals surface area contributed by atoms with Gasteiger partial charge in [-0.3, -0.25) is 9.48 Å². The van der Waals surface area contributed by atoms with Crippen LogP contribution in [0.25, 0.3) is 0 Å². The molecule has 1 aliphatic rings. The number of rotatable bonds is 2. The van der Waals surface area contributed by atoms with Gasteiger partial charge < -0.3 is 5.32 Å². The van der Waals surface area contributed by atoms with E-state index in [1.165, 1.54) is 0 Å². The molecule has 1 fully saturated rings. The Hall–Kier alpha value is -1.53. The monoisotopic (exact) mass is 331 g/mol. The van der Waals surface area contributed by atoms with Crippen LogP contribution in [0.4, 0.5) is 13.2 Å². The van der Waals surface area contributed by atoms with Gasteiger partial charge in [0.1, 0.15) is 0 Å². The van der Waals surface area contributed by atoms with Crippen LogP contribution in [-0.2, 0) is 11.7 Å². The van der Waals surface area contributed by atoms with Gasteiger partial charge >= 0.3 is 6.18 Å². The van der Waals surface area contributed by atoms with Crippen molar-refractivity contribution in [3.05, 3.63) is 17.5 Å². The molecule has 1 heterocycles. The number of carbonyl (C=O) groups is 1. The second-order valence-electron chi connectivity index (χ2n) is 7.43. The third-order valence-electron chi connectivity index (χ3n) is 4.19. The second kappa shape index (κ2) is 6.17. The third kappa shape index (κ3) is 4.06. The number of halogens is 3. The van der Waals surface area contributed by atoms with E-state index in [9.17, 15) is 18.0 Å². The molecule has 1 aliphatic carbocycles. The fourth-order valence-corrected chi connectivity index (χ4v) is 3.12. The molecule has 0 unspecified atom stereocenters. The van der Waals surface area contributed by atoms with Crippen LogP contribution in [0.5, 0.6) is 0 Å². The quantitative estimate of drug-likeness (QED) is 0.891. The number of hydrogen-bond acceptors (Lipinski definition) is 2. The molecule has 1 amide bonds. The van der Waals surface area contributed by atoms with Crippen molar-refractivity contribution in [2.24, 2.45) is 5.92 Å². The summed E-state index contributed by atoms with van der Waals surface area (Å²) in [7, 11) is 0. The van der Waals surface area contributed by atoms with Gasteiger partial charge in [0, 0.05) is 6.04 Å². The molecule has 130 valence electrons. The summed E-state index contributed by atoms with van der Waals surface area (Å²) in [4.78, 5) is 12.4. The van der Waals surface area contributed by atoms with Gasteiger partial charge in [-0.25, -0.2) is 0 Å². The highest BCUT2D eigenvalue weighted by Crippen LogP contribution is 2.35. The van der Waals surface area contributed by atoms with E-state index >= 15 is 0 Å². The normalized spacial score (nSPS) is 22.9. The Morgan fingerprint density at radius 2 is 1.96 bits per heavy atom. The largest absolute Gasteiger partial charge is 0.433 e. The average Bonchev–Trinajstić information content (AvgIpc) is 2.83. The molecule has 0 spiro atoms. The summed E-state index contributed by atoms with van der Waals surface area (Å²) in [5.41, 5.74) is -2.24. The van der Waals surface area contributed by atoms with Gasteiger partial charge in [0.25, 0.3) is 5.91 Å². The van der Waals surface area contributed by atoms with Crippen molar-refractivity contribution in [3.8, 4) is 0 Å². The van der Waals surface area contributed by atoms with Gasteiger partial charge in [-0.2, -0.15) is 18.3 Å². The first-order valence-corrected chi connectivity index (χ1v) is 7.96. The molecule has 2 atom stereocenters. The molecule has 0 saturated heterocycles.